The molecule has 0 spiro atoms. The van der Waals surface area contributed by atoms with Crippen LogP contribution in [0.15, 0.2) is 6.20 Å². The molecule has 2 nitrogen and oxygen atoms in total. The van der Waals surface area contributed by atoms with Gasteiger partial charge in [0.1, 0.15) is 0 Å². The van der Waals surface area contributed by atoms with Crippen molar-refractivity contribution in [3.05, 3.63) is 17.5 Å². The van der Waals surface area contributed by atoms with Gasteiger partial charge in [0.15, 0.2) is 0 Å². The zero-order valence-corrected chi connectivity index (χ0v) is 8.51. The van der Waals surface area contributed by atoms with Crippen molar-refractivity contribution in [3.8, 4) is 0 Å². The van der Waals surface area contributed by atoms with Gasteiger partial charge in [0.25, 0.3) is 0 Å². The molecule has 5 heteroatoms. The highest BCUT2D eigenvalue weighted by Gasteiger charge is 2.41. The monoisotopic (exact) mass is 218 g/mol. The molecule has 0 N–H and O–H groups in total. The molecule has 1 atom stereocenters. The molecule has 0 saturated heterocycles. The summed E-state index contributed by atoms with van der Waals surface area (Å²) in [5.41, 5.74) is 1.72. The van der Waals surface area contributed by atoms with E-state index in [4.69, 9.17) is 0 Å². The average Bonchev–Trinajstić information content (AvgIpc) is 2.57. The van der Waals surface area contributed by atoms with Crippen LogP contribution in [0.3, 0.4) is 0 Å². The standard InChI is InChI=1S/C10H13F3N2/c1-2-7-6-14-15-4-3-8(5-9(7)15)10(11,12)13/h6,8H,2-5H2,1H3. The van der Waals surface area contributed by atoms with Crippen LogP contribution in [0.4, 0.5) is 13.2 Å². The summed E-state index contributed by atoms with van der Waals surface area (Å²) in [7, 11) is 0. The van der Waals surface area contributed by atoms with Gasteiger partial charge in [-0.15, -0.1) is 0 Å². The molecular weight excluding hydrogens is 205 g/mol. The summed E-state index contributed by atoms with van der Waals surface area (Å²) < 4.78 is 39.4. The number of aryl methyl sites for hydroxylation is 2. The van der Waals surface area contributed by atoms with E-state index in [1.165, 1.54) is 0 Å². The van der Waals surface area contributed by atoms with Gasteiger partial charge in [0.05, 0.1) is 12.1 Å². The fraction of sp³-hybridized carbons (Fsp3) is 0.700. The van der Waals surface area contributed by atoms with Crippen LogP contribution in [0.5, 0.6) is 0 Å². The van der Waals surface area contributed by atoms with Gasteiger partial charge in [-0.05, 0) is 18.4 Å². The Kier molecular flexibility index (Phi) is 2.48. The molecule has 1 aromatic rings. The van der Waals surface area contributed by atoms with Crippen molar-refractivity contribution in [2.45, 2.75) is 38.9 Å². The maximum Gasteiger partial charge on any atom is 0.392 e. The van der Waals surface area contributed by atoms with Gasteiger partial charge < -0.3 is 0 Å². The SMILES string of the molecule is CCc1cnn2c1CC(C(F)(F)F)CC2. The van der Waals surface area contributed by atoms with E-state index >= 15 is 0 Å². The van der Waals surface area contributed by atoms with Crippen LogP contribution in [0.25, 0.3) is 0 Å². The van der Waals surface area contributed by atoms with Crippen LogP contribution in [0, 0.1) is 5.92 Å². The Morgan fingerprint density at radius 2 is 2.27 bits per heavy atom. The summed E-state index contributed by atoms with van der Waals surface area (Å²) in [4.78, 5) is 0. The Morgan fingerprint density at radius 1 is 1.53 bits per heavy atom. The van der Waals surface area contributed by atoms with E-state index in [0.29, 0.717) is 6.54 Å². The van der Waals surface area contributed by atoms with E-state index in [9.17, 15) is 13.2 Å². The van der Waals surface area contributed by atoms with Crippen LogP contribution in [-0.4, -0.2) is 16.0 Å². The van der Waals surface area contributed by atoms with Crippen LogP contribution in [0.1, 0.15) is 24.6 Å². The van der Waals surface area contributed by atoms with Gasteiger partial charge in [-0.1, -0.05) is 6.92 Å². The topological polar surface area (TPSA) is 17.8 Å². The van der Waals surface area contributed by atoms with Crippen molar-refractivity contribution in [2.24, 2.45) is 5.92 Å². The average molecular weight is 218 g/mol. The molecule has 2 rings (SSSR count). The number of hydrogen-bond acceptors (Lipinski definition) is 1. The second-order valence-corrected chi connectivity index (χ2v) is 3.92. The normalized spacial score (nSPS) is 21.5. The number of halogens is 3. The van der Waals surface area contributed by atoms with Crippen LogP contribution >= 0.6 is 0 Å². The van der Waals surface area contributed by atoms with Gasteiger partial charge in [0, 0.05) is 18.7 Å². The fourth-order valence-corrected chi connectivity index (χ4v) is 2.07. The Balaban J connectivity index is 2.25. The third kappa shape index (κ3) is 1.87. The Hall–Kier alpha value is -1.00. The first kappa shape index (κ1) is 10.5. The Labute approximate surface area is 86.1 Å². The molecule has 15 heavy (non-hydrogen) atoms. The summed E-state index contributed by atoms with van der Waals surface area (Å²) in [5, 5.41) is 4.09. The van der Waals surface area contributed by atoms with Gasteiger partial charge >= 0.3 is 6.18 Å². The van der Waals surface area contributed by atoms with Crippen molar-refractivity contribution in [3.63, 3.8) is 0 Å². The lowest BCUT2D eigenvalue weighted by molar-refractivity contribution is -0.179. The van der Waals surface area contributed by atoms with E-state index < -0.39 is 12.1 Å². The van der Waals surface area contributed by atoms with E-state index in [1.54, 1.807) is 10.9 Å². The number of aromatic nitrogens is 2. The quantitative estimate of drug-likeness (QED) is 0.708. The minimum absolute atomic E-state index is 0.0900. The van der Waals surface area contributed by atoms with Gasteiger partial charge in [-0.2, -0.15) is 18.3 Å². The molecule has 1 unspecified atom stereocenters. The molecule has 0 amide bonds. The molecular formula is C10H13F3N2. The largest absolute Gasteiger partial charge is 0.392 e. The first-order chi connectivity index (χ1) is 7.02. The third-order valence-electron chi connectivity index (χ3n) is 3.01. The van der Waals surface area contributed by atoms with E-state index in [-0.39, 0.29) is 12.8 Å². The van der Waals surface area contributed by atoms with Crippen molar-refractivity contribution >= 4 is 0 Å². The number of rotatable bonds is 1. The summed E-state index contributed by atoms with van der Waals surface area (Å²) in [5.74, 6) is -1.19. The highest BCUT2D eigenvalue weighted by atomic mass is 19.4. The number of nitrogens with zero attached hydrogens (tertiary/aromatic N) is 2. The summed E-state index contributed by atoms with van der Waals surface area (Å²) in [6.45, 7) is 2.33. The number of hydrogen-bond donors (Lipinski definition) is 0. The minimum Gasteiger partial charge on any atom is -0.269 e. The minimum atomic E-state index is -4.07. The third-order valence-corrected chi connectivity index (χ3v) is 3.01. The highest BCUT2D eigenvalue weighted by Crippen LogP contribution is 2.35. The van der Waals surface area contributed by atoms with E-state index in [2.05, 4.69) is 5.10 Å². The molecule has 1 aliphatic rings. The molecule has 0 bridgehead atoms. The molecule has 0 radical (unpaired) electrons. The number of alkyl halides is 3. The lowest BCUT2D eigenvalue weighted by Gasteiger charge is -2.26. The van der Waals surface area contributed by atoms with Crippen LogP contribution in [-0.2, 0) is 19.4 Å². The predicted octanol–water partition coefficient (Wildman–Crippen LogP) is 2.57. The lowest BCUT2D eigenvalue weighted by Crippen LogP contribution is -2.31. The van der Waals surface area contributed by atoms with Gasteiger partial charge in [-0.25, -0.2) is 0 Å². The smallest absolute Gasteiger partial charge is 0.269 e. The molecule has 1 aliphatic heterocycles. The van der Waals surface area contributed by atoms with Crippen LogP contribution in [0.2, 0.25) is 0 Å². The second-order valence-electron chi connectivity index (χ2n) is 3.92. The molecule has 84 valence electrons. The number of fused-ring (bicyclic) bond motifs is 1. The molecule has 2 heterocycles. The van der Waals surface area contributed by atoms with Crippen molar-refractivity contribution in [1.82, 2.24) is 9.78 Å². The molecule has 0 saturated carbocycles. The Bertz CT molecular complexity index is 341. The van der Waals surface area contributed by atoms with Crippen molar-refractivity contribution < 1.29 is 13.2 Å². The summed E-state index contributed by atoms with van der Waals surface area (Å²) in [6.07, 6.45) is -1.39. The second kappa shape index (κ2) is 3.54. The summed E-state index contributed by atoms with van der Waals surface area (Å²) in [6, 6.07) is 0. The van der Waals surface area contributed by atoms with E-state index in [0.717, 1.165) is 17.7 Å². The molecule has 0 aromatic carbocycles. The molecule has 0 aliphatic carbocycles. The lowest BCUT2D eigenvalue weighted by atomic mass is 9.93. The first-order valence-corrected chi connectivity index (χ1v) is 5.12. The molecule has 0 fully saturated rings. The zero-order valence-electron chi connectivity index (χ0n) is 8.51. The maximum absolute atomic E-state index is 12.5. The molecule has 1 aromatic heterocycles. The summed E-state index contributed by atoms with van der Waals surface area (Å²) >= 11 is 0. The fourth-order valence-electron chi connectivity index (χ4n) is 2.07. The van der Waals surface area contributed by atoms with Gasteiger partial charge in [0.2, 0.25) is 0 Å². The first-order valence-electron chi connectivity index (χ1n) is 5.12. The predicted molar refractivity (Wildman–Crippen MR) is 49.5 cm³/mol. The van der Waals surface area contributed by atoms with Crippen molar-refractivity contribution in [1.29, 1.82) is 0 Å². The zero-order chi connectivity index (χ0) is 11.1. The van der Waals surface area contributed by atoms with E-state index in [1.807, 2.05) is 6.92 Å². The highest BCUT2D eigenvalue weighted by molar-refractivity contribution is 5.19. The Morgan fingerprint density at radius 3 is 2.87 bits per heavy atom. The van der Waals surface area contributed by atoms with Crippen molar-refractivity contribution in [2.75, 3.05) is 0 Å². The van der Waals surface area contributed by atoms with Gasteiger partial charge in [-0.3, -0.25) is 4.68 Å². The van der Waals surface area contributed by atoms with Crippen LogP contribution < -0.4 is 0 Å². The maximum atomic E-state index is 12.5.